The molecule has 1 fully saturated rings. The third-order valence-corrected chi connectivity index (χ3v) is 3.66. The maximum Gasteiger partial charge on any atom is 0.172 e. The molecule has 1 aromatic rings. The lowest BCUT2D eigenvalue weighted by atomic mass is 10.1. The molecule has 0 aromatic heterocycles. The predicted molar refractivity (Wildman–Crippen MR) is 79.2 cm³/mol. The molecule has 0 aliphatic heterocycles. The first-order chi connectivity index (χ1) is 9.02. The van der Waals surface area contributed by atoms with E-state index in [2.05, 4.69) is 23.9 Å². The Bertz CT molecular complexity index is 484. The Balaban J connectivity index is 2.40. The topological polar surface area (TPSA) is 61.8 Å². The molecule has 1 saturated carbocycles. The number of nitrogens with zero attached hydrogens (tertiary/aromatic N) is 2. The number of halogens is 1. The molecular weight excluding hydrogens is 262 g/mol. The number of benzene rings is 1. The lowest BCUT2D eigenvalue weighted by molar-refractivity contribution is 0.318. The summed E-state index contributed by atoms with van der Waals surface area (Å²) in [6.45, 7) is 5.27. The van der Waals surface area contributed by atoms with Crippen LogP contribution in [0.25, 0.3) is 0 Å². The Morgan fingerprint density at radius 3 is 2.74 bits per heavy atom. The summed E-state index contributed by atoms with van der Waals surface area (Å²) in [6, 6.07) is 5.78. The van der Waals surface area contributed by atoms with Gasteiger partial charge in [-0.15, -0.1) is 0 Å². The Labute approximate surface area is 118 Å². The fourth-order valence-electron chi connectivity index (χ4n) is 2.18. The van der Waals surface area contributed by atoms with Crippen molar-refractivity contribution in [1.29, 1.82) is 0 Å². The van der Waals surface area contributed by atoms with E-state index in [0.29, 0.717) is 11.1 Å². The van der Waals surface area contributed by atoms with Crippen LogP contribution in [0.15, 0.2) is 23.4 Å². The van der Waals surface area contributed by atoms with Gasteiger partial charge in [-0.25, -0.2) is 0 Å². The minimum atomic E-state index is 0.119. The van der Waals surface area contributed by atoms with Crippen LogP contribution in [0.2, 0.25) is 5.02 Å². The predicted octanol–water partition coefficient (Wildman–Crippen LogP) is 3.06. The van der Waals surface area contributed by atoms with E-state index in [1.165, 1.54) is 12.8 Å². The summed E-state index contributed by atoms with van der Waals surface area (Å²) in [5.41, 5.74) is 7.42. The molecule has 19 heavy (non-hydrogen) atoms. The van der Waals surface area contributed by atoms with E-state index in [4.69, 9.17) is 22.5 Å². The van der Waals surface area contributed by atoms with Gasteiger partial charge >= 0.3 is 0 Å². The molecule has 0 atom stereocenters. The summed E-state index contributed by atoms with van der Waals surface area (Å²) in [5, 5.41) is 12.7. The van der Waals surface area contributed by atoms with Gasteiger partial charge in [0.1, 0.15) is 0 Å². The standard InChI is InChI=1S/C14H20ClN3O/c1-9(2)18(8-10-3-4-10)13-7-11(15)5-6-12(13)14(16)17-19/h5-7,9-10,19H,3-4,8H2,1-2H3,(H2,16,17). The highest BCUT2D eigenvalue weighted by atomic mass is 35.5. The van der Waals surface area contributed by atoms with Gasteiger partial charge in [-0.05, 0) is 50.8 Å². The largest absolute Gasteiger partial charge is 0.409 e. The van der Waals surface area contributed by atoms with Crippen LogP contribution in [0, 0.1) is 5.92 Å². The average molecular weight is 282 g/mol. The molecule has 1 aromatic carbocycles. The van der Waals surface area contributed by atoms with Crippen molar-refractivity contribution in [3.05, 3.63) is 28.8 Å². The molecular formula is C14H20ClN3O. The van der Waals surface area contributed by atoms with Crippen LogP contribution >= 0.6 is 11.6 Å². The number of rotatable bonds is 5. The molecule has 104 valence electrons. The molecule has 2 rings (SSSR count). The average Bonchev–Trinajstić information content (AvgIpc) is 3.18. The fraction of sp³-hybridized carbons (Fsp3) is 0.500. The number of nitrogens with two attached hydrogens (primary N) is 1. The van der Waals surface area contributed by atoms with Crippen molar-refractivity contribution in [3.8, 4) is 0 Å². The van der Waals surface area contributed by atoms with Crippen LogP contribution in [0.1, 0.15) is 32.3 Å². The van der Waals surface area contributed by atoms with E-state index in [1.54, 1.807) is 12.1 Å². The summed E-state index contributed by atoms with van der Waals surface area (Å²) in [4.78, 5) is 2.27. The smallest absolute Gasteiger partial charge is 0.172 e. The maximum atomic E-state index is 8.91. The molecule has 1 aliphatic carbocycles. The molecule has 0 unspecified atom stereocenters. The van der Waals surface area contributed by atoms with Crippen molar-refractivity contribution in [1.82, 2.24) is 0 Å². The van der Waals surface area contributed by atoms with Gasteiger partial charge in [0.05, 0.1) is 0 Å². The highest BCUT2D eigenvalue weighted by molar-refractivity contribution is 6.31. The lowest BCUT2D eigenvalue weighted by Crippen LogP contribution is -2.34. The molecule has 5 heteroatoms. The first-order valence-electron chi connectivity index (χ1n) is 6.57. The molecule has 4 nitrogen and oxygen atoms in total. The van der Waals surface area contributed by atoms with E-state index >= 15 is 0 Å². The Hall–Kier alpha value is -1.42. The molecule has 3 N–H and O–H groups in total. The highest BCUT2D eigenvalue weighted by Crippen LogP contribution is 2.34. The van der Waals surface area contributed by atoms with E-state index < -0.39 is 0 Å². The molecule has 0 bridgehead atoms. The normalized spacial score (nSPS) is 15.9. The second kappa shape index (κ2) is 5.70. The third kappa shape index (κ3) is 3.32. The van der Waals surface area contributed by atoms with Crippen LogP contribution in [0.3, 0.4) is 0 Å². The number of anilines is 1. The monoisotopic (exact) mass is 281 g/mol. The van der Waals surface area contributed by atoms with Gasteiger partial charge in [0, 0.05) is 28.9 Å². The molecule has 0 spiro atoms. The van der Waals surface area contributed by atoms with E-state index in [0.717, 1.165) is 23.7 Å². The minimum absolute atomic E-state index is 0.119. The van der Waals surface area contributed by atoms with Crippen molar-refractivity contribution in [2.45, 2.75) is 32.7 Å². The van der Waals surface area contributed by atoms with Crippen molar-refractivity contribution in [3.63, 3.8) is 0 Å². The van der Waals surface area contributed by atoms with E-state index in [1.807, 2.05) is 6.07 Å². The summed E-state index contributed by atoms with van der Waals surface area (Å²) in [6.07, 6.45) is 2.56. The molecule has 0 amide bonds. The zero-order valence-corrected chi connectivity index (χ0v) is 12.1. The van der Waals surface area contributed by atoms with Gasteiger partial charge in [-0.2, -0.15) is 0 Å². The van der Waals surface area contributed by atoms with Crippen molar-refractivity contribution in [2.24, 2.45) is 16.8 Å². The maximum absolute atomic E-state index is 8.91. The summed E-state index contributed by atoms with van der Waals surface area (Å²) >= 11 is 6.10. The van der Waals surface area contributed by atoms with Crippen LogP contribution in [0.5, 0.6) is 0 Å². The molecule has 1 aliphatic rings. The zero-order chi connectivity index (χ0) is 14.0. The van der Waals surface area contributed by atoms with Crippen LogP contribution in [-0.2, 0) is 0 Å². The second-order valence-electron chi connectivity index (χ2n) is 5.34. The van der Waals surface area contributed by atoms with Crippen LogP contribution < -0.4 is 10.6 Å². The highest BCUT2D eigenvalue weighted by Gasteiger charge is 2.27. The van der Waals surface area contributed by atoms with Gasteiger partial charge in [0.2, 0.25) is 0 Å². The van der Waals surface area contributed by atoms with Crippen molar-refractivity contribution < 1.29 is 5.21 Å². The number of amidine groups is 1. The SMILES string of the molecule is CC(C)N(CC1CC1)c1cc(Cl)ccc1C(N)=NO. The molecule has 0 heterocycles. The Morgan fingerprint density at radius 1 is 1.53 bits per heavy atom. The Morgan fingerprint density at radius 2 is 2.21 bits per heavy atom. The van der Waals surface area contributed by atoms with Crippen molar-refractivity contribution >= 4 is 23.1 Å². The van der Waals surface area contributed by atoms with Gasteiger partial charge in [-0.3, -0.25) is 0 Å². The van der Waals surface area contributed by atoms with E-state index in [9.17, 15) is 0 Å². The number of hydrogen-bond acceptors (Lipinski definition) is 3. The first-order valence-corrected chi connectivity index (χ1v) is 6.94. The van der Waals surface area contributed by atoms with Gasteiger partial charge in [0.25, 0.3) is 0 Å². The quantitative estimate of drug-likeness (QED) is 0.377. The minimum Gasteiger partial charge on any atom is -0.409 e. The summed E-state index contributed by atoms with van der Waals surface area (Å²) < 4.78 is 0. The third-order valence-electron chi connectivity index (χ3n) is 3.43. The van der Waals surface area contributed by atoms with Crippen LogP contribution in [-0.4, -0.2) is 23.6 Å². The lowest BCUT2D eigenvalue weighted by Gasteiger charge is -2.31. The number of hydrogen-bond donors (Lipinski definition) is 2. The van der Waals surface area contributed by atoms with Gasteiger partial charge < -0.3 is 15.8 Å². The fourth-order valence-corrected chi connectivity index (χ4v) is 2.35. The summed E-state index contributed by atoms with van der Waals surface area (Å²) in [5.74, 6) is 0.870. The zero-order valence-electron chi connectivity index (χ0n) is 11.3. The molecule has 0 saturated heterocycles. The van der Waals surface area contributed by atoms with Crippen molar-refractivity contribution in [2.75, 3.05) is 11.4 Å². The first kappa shape index (κ1) is 14.0. The van der Waals surface area contributed by atoms with Gasteiger partial charge in [0.15, 0.2) is 5.84 Å². The molecule has 0 radical (unpaired) electrons. The van der Waals surface area contributed by atoms with Crippen LogP contribution in [0.4, 0.5) is 5.69 Å². The van der Waals surface area contributed by atoms with Gasteiger partial charge in [-0.1, -0.05) is 16.8 Å². The Kier molecular flexibility index (Phi) is 4.20. The summed E-state index contributed by atoms with van der Waals surface area (Å²) in [7, 11) is 0. The van der Waals surface area contributed by atoms with E-state index in [-0.39, 0.29) is 5.84 Å². The number of oxime groups is 1. The second-order valence-corrected chi connectivity index (χ2v) is 5.77.